The third kappa shape index (κ3) is 4.44. The standard InChI is InChI=1S/C25H25N3O2S/c1-15(2)18-5-7-19(8-6-18)21-13-31-24-23(21)25(30)28(14-26-24)12-22(29)27-20-10-16(3)9-17(4)11-20/h5-11,13-15H,12H2,1-4H3,(H,27,29). The Bertz CT molecular complexity index is 1300. The van der Waals surface area contributed by atoms with Crippen LogP contribution in [0.1, 0.15) is 36.5 Å². The van der Waals surface area contributed by atoms with Gasteiger partial charge in [0.1, 0.15) is 11.4 Å². The molecule has 4 rings (SSSR count). The van der Waals surface area contributed by atoms with E-state index in [0.29, 0.717) is 16.1 Å². The van der Waals surface area contributed by atoms with E-state index < -0.39 is 0 Å². The van der Waals surface area contributed by atoms with E-state index in [1.54, 1.807) is 0 Å². The van der Waals surface area contributed by atoms with E-state index in [2.05, 4.69) is 36.3 Å². The van der Waals surface area contributed by atoms with E-state index in [1.165, 1.54) is 27.8 Å². The highest BCUT2D eigenvalue weighted by atomic mass is 32.1. The summed E-state index contributed by atoms with van der Waals surface area (Å²) in [6, 6.07) is 14.1. The molecular weight excluding hydrogens is 406 g/mol. The maximum Gasteiger partial charge on any atom is 0.263 e. The molecule has 1 amide bonds. The summed E-state index contributed by atoms with van der Waals surface area (Å²) >= 11 is 1.44. The van der Waals surface area contributed by atoms with Crippen LogP contribution in [0, 0.1) is 13.8 Å². The summed E-state index contributed by atoms with van der Waals surface area (Å²) in [6.45, 7) is 8.19. The zero-order chi connectivity index (χ0) is 22.1. The van der Waals surface area contributed by atoms with E-state index >= 15 is 0 Å². The minimum atomic E-state index is -0.258. The molecule has 1 N–H and O–H groups in total. The third-order valence-electron chi connectivity index (χ3n) is 5.27. The molecule has 0 saturated heterocycles. The number of rotatable bonds is 5. The van der Waals surface area contributed by atoms with Crippen LogP contribution in [0.4, 0.5) is 5.69 Å². The van der Waals surface area contributed by atoms with Crippen molar-refractivity contribution < 1.29 is 4.79 Å². The lowest BCUT2D eigenvalue weighted by Crippen LogP contribution is -2.27. The molecule has 2 aromatic carbocycles. The van der Waals surface area contributed by atoms with Crippen molar-refractivity contribution in [2.24, 2.45) is 0 Å². The van der Waals surface area contributed by atoms with Crippen LogP contribution in [-0.2, 0) is 11.3 Å². The average Bonchev–Trinajstić information content (AvgIpc) is 3.14. The van der Waals surface area contributed by atoms with Crippen LogP contribution in [0.2, 0.25) is 0 Å². The van der Waals surface area contributed by atoms with E-state index in [9.17, 15) is 9.59 Å². The Labute approximate surface area is 185 Å². The zero-order valence-electron chi connectivity index (χ0n) is 18.1. The quantitative estimate of drug-likeness (QED) is 0.453. The van der Waals surface area contributed by atoms with Gasteiger partial charge in [0.25, 0.3) is 5.56 Å². The molecule has 2 aromatic heterocycles. The number of nitrogens with one attached hydrogen (secondary N) is 1. The summed E-state index contributed by atoms with van der Waals surface area (Å²) in [7, 11) is 0. The van der Waals surface area contributed by atoms with Gasteiger partial charge in [0.05, 0.1) is 11.7 Å². The second-order valence-electron chi connectivity index (χ2n) is 8.21. The van der Waals surface area contributed by atoms with Gasteiger partial charge in [-0.25, -0.2) is 4.98 Å². The smallest absolute Gasteiger partial charge is 0.263 e. The highest BCUT2D eigenvalue weighted by Gasteiger charge is 2.15. The van der Waals surface area contributed by atoms with Crippen molar-refractivity contribution in [3.05, 3.63) is 81.2 Å². The molecule has 0 saturated carbocycles. The van der Waals surface area contributed by atoms with Crippen molar-refractivity contribution >= 4 is 33.1 Å². The highest BCUT2D eigenvalue weighted by Crippen LogP contribution is 2.31. The lowest BCUT2D eigenvalue weighted by Gasteiger charge is -2.10. The van der Waals surface area contributed by atoms with Crippen LogP contribution in [0.15, 0.2) is 59.0 Å². The van der Waals surface area contributed by atoms with Gasteiger partial charge in [-0.05, 0) is 54.2 Å². The first-order valence-corrected chi connectivity index (χ1v) is 11.1. The molecule has 0 aliphatic heterocycles. The Morgan fingerprint density at radius 1 is 1.10 bits per heavy atom. The van der Waals surface area contributed by atoms with Crippen LogP contribution < -0.4 is 10.9 Å². The highest BCUT2D eigenvalue weighted by molar-refractivity contribution is 7.17. The first-order chi connectivity index (χ1) is 14.8. The van der Waals surface area contributed by atoms with Crippen molar-refractivity contribution in [2.75, 3.05) is 5.32 Å². The molecule has 0 radical (unpaired) electrons. The summed E-state index contributed by atoms with van der Waals surface area (Å²) in [5, 5.41) is 5.40. The number of nitrogens with zero attached hydrogens (tertiary/aromatic N) is 2. The third-order valence-corrected chi connectivity index (χ3v) is 6.15. The fraction of sp³-hybridized carbons (Fsp3) is 0.240. The number of amides is 1. The van der Waals surface area contributed by atoms with Crippen molar-refractivity contribution in [2.45, 2.75) is 40.2 Å². The molecule has 0 bridgehead atoms. The minimum absolute atomic E-state index is 0.0870. The van der Waals surface area contributed by atoms with E-state index in [-0.39, 0.29) is 18.0 Å². The number of aryl methyl sites for hydroxylation is 2. The van der Waals surface area contributed by atoms with Crippen LogP contribution in [-0.4, -0.2) is 15.5 Å². The van der Waals surface area contributed by atoms with Gasteiger partial charge in [0.2, 0.25) is 5.91 Å². The second kappa shape index (κ2) is 8.47. The molecule has 6 heteroatoms. The van der Waals surface area contributed by atoms with Gasteiger partial charge in [-0.1, -0.05) is 44.2 Å². The Hall–Kier alpha value is -3.25. The van der Waals surface area contributed by atoms with Crippen molar-refractivity contribution in [3.63, 3.8) is 0 Å². The monoisotopic (exact) mass is 431 g/mol. The van der Waals surface area contributed by atoms with Gasteiger partial charge in [0, 0.05) is 16.6 Å². The lowest BCUT2D eigenvalue weighted by atomic mass is 9.99. The molecule has 158 valence electrons. The number of fused-ring (bicyclic) bond motifs is 1. The molecule has 5 nitrogen and oxygen atoms in total. The summed E-state index contributed by atoms with van der Waals surface area (Å²) in [6.07, 6.45) is 1.45. The number of thiophene rings is 1. The number of carbonyl (C=O) groups is 1. The molecule has 0 aliphatic carbocycles. The van der Waals surface area contributed by atoms with Gasteiger partial charge in [-0.2, -0.15) is 0 Å². The topological polar surface area (TPSA) is 64.0 Å². The zero-order valence-corrected chi connectivity index (χ0v) is 18.9. The largest absolute Gasteiger partial charge is 0.325 e. The Morgan fingerprint density at radius 2 is 1.77 bits per heavy atom. The number of benzene rings is 2. The van der Waals surface area contributed by atoms with Crippen LogP contribution >= 0.6 is 11.3 Å². The number of hydrogen-bond acceptors (Lipinski definition) is 4. The average molecular weight is 432 g/mol. The van der Waals surface area contributed by atoms with E-state index in [4.69, 9.17) is 0 Å². The maximum absolute atomic E-state index is 13.2. The number of anilines is 1. The Kier molecular flexibility index (Phi) is 5.74. The first kappa shape index (κ1) is 21.0. The predicted octanol–water partition coefficient (Wildman–Crippen LogP) is 5.50. The number of aromatic nitrogens is 2. The molecule has 0 atom stereocenters. The molecule has 31 heavy (non-hydrogen) atoms. The van der Waals surface area contributed by atoms with Crippen LogP contribution in [0.25, 0.3) is 21.3 Å². The van der Waals surface area contributed by atoms with Gasteiger partial charge < -0.3 is 5.32 Å². The molecule has 4 aromatic rings. The van der Waals surface area contributed by atoms with E-state index in [1.807, 2.05) is 49.6 Å². The van der Waals surface area contributed by atoms with Gasteiger partial charge in [-0.3, -0.25) is 14.2 Å². The fourth-order valence-corrected chi connectivity index (χ4v) is 4.65. The summed E-state index contributed by atoms with van der Waals surface area (Å²) in [5.41, 5.74) is 5.76. The normalized spacial score (nSPS) is 11.3. The summed E-state index contributed by atoms with van der Waals surface area (Å²) in [5.74, 6) is 0.189. The van der Waals surface area contributed by atoms with Crippen LogP contribution in [0.5, 0.6) is 0 Å². The molecular formula is C25H25N3O2S. The molecule has 0 unspecified atom stereocenters. The fourth-order valence-electron chi connectivity index (χ4n) is 3.74. The number of hydrogen-bond donors (Lipinski definition) is 1. The van der Waals surface area contributed by atoms with Crippen molar-refractivity contribution in [1.29, 1.82) is 0 Å². The van der Waals surface area contributed by atoms with Gasteiger partial charge in [-0.15, -0.1) is 11.3 Å². The second-order valence-corrected chi connectivity index (χ2v) is 9.07. The van der Waals surface area contributed by atoms with Crippen molar-refractivity contribution in [1.82, 2.24) is 9.55 Å². The lowest BCUT2D eigenvalue weighted by molar-refractivity contribution is -0.116. The number of carbonyl (C=O) groups excluding carboxylic acids is 1. The van der Waals surface area contributed by atoms with Gasteiger partial charge >= 0.3 is 0 Å². The summed E-state index contributed by atoms with van der Waals surface area (Å²) in [4.78, 5) is 30.9. The molecule has 0 fully saturated rings. The summed E-state index contributed by atoms with van der Waals surface area (Å²) < 4.78 is 1.37. The Balaban J connectivity index is 1.64. The van der Waals surface area contributed by atoms with Crippen LogP contribution in [0.3, 0.4) is 0 Å². The van der Waals surface area contributed by atoms with E-state index in [0.717, 1.165) is 27.9 Å². The Morgan fingerprint density at radius 3 is 2.42 bits per heavy atom. The van der Waals surface area contributed by atoms with Crippen molar-refractivity contribution in [3.8, 4) is 11.1 Å². The minimum Gasteiger partial charge on any atom is -0.325 e. The molecule has 0 spiro atoms. The predicted molar refractivity (Wildman–Crippen MR) is 128 cm³/mol. The van der Waals surface area contributed by atoms with Gasteiger partial charge in [0.15, 0.2) is 0 Å². The maximum atomic E-state index is 13.2. The molecule has 0 aliphatic rings. The SMILES string of the molecule is Cc1cc(C)cc(NC(=O)Cn2cnc3scc(-c4ccc(C(C)C)cc4)c3c2=O)c1. The first-order valence-electron chi connectivity index (χ1n) is 10.3. The molecule has 2 heterocycles.